The van der Waals surface area contributed by atoms with Crippen LogP contribution in [-0.4, -0.2) is 29.7 Å². The largest absolute Gasteiger partial charge is 0.444 e. The highest BCUT2D eigenvalue weighted by molar-refractivity contribution is 5.68. The molecular weight excluding hydrogens is 192 g/mol. The molecule has 4 nitrogen and oxygen atoms in total. The Kier molecular flexibility index (Phi) is 4.63. The number of carbonyl (C=O) groups excluding carboxylic acids is 1. The lowest BCUT2D eigenvalue weighted by Crippen LogP contribution is -2.35. The number of rotatable bonds is 0. The van der Waals surface area contributed by atoms with Crippen LogP contribution >= 0.6 is 0 Å². The summed E-state index contributed by atoms with van der Waals surface area (Å²) in [5.41, 5.74) is -0.425. The molecule has 1 aliphatic rings. The highest BCUT2D eigenvalue weighted by atomic mass is 16.6. The number of ether oxygens (including phenoxy) is 1. The van der Waals surface area contributed by atoms with E-state index >= 15 is 0 Å². The Morgan fingerprint density at radius 3 is 2.53 bits per heavy atom. The summed E-state index contributed by atoms with van der Waals surface area (Å²) in [7, 11) is 0. The minimum absolute atomic E-state index is 0. The molecule has 0 bridgehead atoms. The van der Waals surface area contributed by atoms with E-state index in [0.29, 0.717) is 13.1 Å². The van der Waals surface area contributed by atoms with Crippen molar-refractivity contribution in [3.8, 4) is 12.3 Å². The summed E-state index contributed by atoms with van der Waals surface area (Å²) in [6.45, 7) is 6.92. The molecule has 1 heterocycles. The van der Waals surface area contributed by atoms with Crippen molar-refractivity contribution < 1.29 is 9.53 Å². The van der Waals surface area contributed by atoms with Crippen LogP contribution in [0.4, 0.5) is 4.79 Å². The molecule has 1 fully saturated rings. The second-order valence-corrected chi connectivity index (χ2v) is 4.58. The van der Waals surface area contributed by atoms with Crippen molar-refractivity contribution in [3.05, 3.63) is 0 Å². The van der Waals surface area contributed by atoms with Gasteiger partial charge in [0.05, 0.1) is 0 Å². The van der Waals surface area contributed by atoms with Gasteiger partial charge < -0.3 is 15.8 Å². The van der Waals surface area contributed by atoms with Crippen molar-refractivity contribution >= 4 is 6.09 Å². The van der Waals surface area contributed by atoms with Gasteiger partial charge in [-0.05, 0) is 27.2 Å². The van der Waals surface area contributed by atoms with Gasteiger partial charge in [-0.2, -0.15) is 0 Å². The predicted molar refractivity (Wildman–Crippen MR) is 59.8 cm³/mol. The third kappa shape index (κ3) is 4.22. The van der Waals surface area contributed by atoms with Crippen LogP contribution in [0, 0.1) is 18.3 Å². The Balaban J connectivity index is 0.00000196. The van der Waals surface area contributed by atoms with Gasteiger partial charge in [-0.25, -0.2) is 4.79 Å². The van der Waals surface area contributed by atoms with Crippen LogP contribution in [0.15, 0.2) is 0 Å². The van der Waals surface area contributed by atoms with Crippen molar-refractivity contribution in [1.82, 2.24) is 11.1 Å². The Morgan fingerprint density at radius 1 is 1.53 bits per heavy atom. The number of carbonyl (C=O) groups is 1. The number of amides is 1. The minimum Gasteiger partial charge on any atom is -0.444 e. The third-order valence-corrected chi connectivity index (χ3v) is 2.08. The molecule has 0 saturated carbocycles. The fourth-order valence-corrected chi connectivity index (χ4v) is 1.39. The molecular formula is C11H20N2O2. The van der Waals surface area contributed by atoms with Crippen molar-refractivity contribution in [1.29, 1.82) is 0 Å². The van der Waals surface area contributed by atoms with E-state index in [1.165, 1.54) is 0 Å². The van der Waals surface area contributed by atoms with Crippen LogP contribution < -0.4 is 6.15 Å². The highest BCUT2D eigenvalue weighted by Gasteiger charge is 2.28. The zero-order chi connectivity index (χ0) is 10.8. The second-order valence-electron chi connectivity index (χ2n) is 4.58. The van der Waals surface area contributed by atoms with E-state index in [2.05, 4.69) is 5.92 Å². The normalized spacial score (nSPS) is 20.4. The van der Waals surface area contributed by atoms with E-state index < -0.39 is 5.60 Å². The molecule has 3 N–H and O–H groups in total. The molecule has 0 aromatic carbocycles. The van der Waals surface area contributed by atoms with Crippen LogP contribution in [0.2, 0.25) is 0 Å². The molecule has 4 heteroatoms. The van der Waals surface area contributed by atoms with Gasteiger partial charge in [0.25, 0.3) is 0 Å². The van der Waals surface area contributed by atoms with Gasteiger partial charge in [0, 0.05) is 19.0 Å². The van der Waals surface area contributed by atoms with E-state index in [-0.39, 0.29) is 18.2 Å². The SMILES string of the molecule is C#CC1CCN(C(=O)OC(C)(C)C)C1.N. The fourth-order valence-electron chi connectivity index (χ4n) is 1.39. The summed E-state index contributed by atoms with van der Waals surface area (Å²) in [5.74, 6) is 2.86. The first-order valence-electron chi connectivity index (χ1n) is 4.86. The van der Waals surface area contributed by atoms with Gasteiger partial charge in [0.15, 0.2) is 0 Å². The second kappa shape index (κ2) is 5.04. The fraction of sp³-hybridized carbons (Fsp3) is 0.727. The molecule has 1 amide bonds. The Morgan fingerprint density at radius 2 is 2.13 bits per heavy atom. The van der Waals surface area contributed by atoms with E-state index in [4.69, 9.17) is 11.2 Å². The van der Waals surface area contributed by atoms with Gasteiger partial charge in [0.2, 0.25) is 0 Å². The molecule has 1 atom stereocenters. The maximum absolute atomic E-state index is 11.6. The lowest BCUT2D eigenvalue weighted by molar-refractivity contribution is 0.0291. The summed E-state index contributed by atoms with van der Waals surface area (Å²) in [6, 6.07) is 0. The molecule has 15 heavy (non-hydrogen) atoms. The van der Waals surface area contributed by atoms with Crippen LogP contribution in [0.5, 0.6) is 0 Å². The minimum atomic E-state index is -0.425. The third-order valence-electron chi connectivity index (χ3n) is 2.08. The van der Waals surface area contributed by atoms with Gasteiger partial charge in [-0.3, -0.25) is 0 Å². The number of nitrogens with zero attached hydrogens (tertiary/aromatic N) is 1. The molecule has 0 aromatic rings. The molecule has 1 saturated heterocycles. The Labute approximate surface area is 91.6 Å². The van der Waals surface area contributed by atoms with E-state index in [9.17, 15) is 4.79 Å². The van der Waals surface area contributed by atoms with Crippen molar-refractivity contribution in [3.63, 3.8) is 0 Å². The molecule has 0 aromatic heterocycles. The highest BCUT2D eigenvalue weighted by Crippen LogP contribution is 2.18. The Bertz CT molecular complexity index is 263. The maximum Gasteiger partial charge on any atom is 0.410 e. The summed E-state index contributed by atoms with van der Waals surface area (Å²) < 4.78 is 5.23. The average Bonchev–Trinajstić information content (AvgIpc) is 2.48. The molecule has 0 radical (unpaired) electrons. The topological polar surface area (TPSA) is 64.5 Å². The lowest BCUT2D eigenvalue weighted by Gasteiger charge is -2.24. The van der Waals surface area contributed by atoms with Gasteiger partial charge >= 0.3 is 6.09 Å². The maximum atomic E-state index is 11.6. The van der Waals surface area contributed by atoms with Crippen molar-refractivity contribution in [2.24, 2.45) is 5.92 Å². The van der Waals surface area contributed by atoms with E-state index in [1.54, 1.807) is 4.90 Å². The van der Waals surface area contributed by atoms with Crippen molar-refractivity contribution in [2.45, 2.75) is 32.8 Å². The number of hydrogen-bond donors (Lipinski definition) is 1. The smallest absolute Gasteiger partial charge is 0.410 e. The quantitative estimate of drug-likeness (QED) is 0.625. The van der Waals surface area contributed by atoms with E-state index in [1.807, 2.05) is 20.8 Å². The molecule has 1 unspecified atom stereocenters. The standard InChI is InChI=1S/C11H17NO2.H3N/c1-5-9-6-7-12(8-9)10(13)14-11(2,3)4;/h1,9H,6-8H2,2-4H3;1H3. The molecule has 1 aliphatic heterocycles. The Hall–Kier alpha value is -1.21. The van der Waals surface area contributed by atoms with Crippen molar-refractivity contribution in [2.75, 3.05) is 13.1 Å². The lowest BCUT2D eigenvalue weighted by atomic mass is 10.1. The number of likely N-dealkylation sites (tertiary alicyclic amines) is 1. The van der Waals surface area contributed by atoms with Gasteiger partial charge in [0.1, 0.15) is 5.60 Å². The molecule has 86 valence electrons. The monoisotopic (exact) mass is 212 g/mol. The molecule has 1 rings (SSSR count). The first kappa shape index (κ1) is 13.8. The zero-order valence-corrected chi connectivity index (χ0v) is 9.75. The predicted octanol–water partition coefficient (Wildman–Crippen LogP) is 2.04. The summed E-state index contributed by atoms with van der Waals surface area (Å²) in [6.07, 6.45) is 5.92. The van der Waals surface area contributed by atoms with E-state index in [0.717, 1.165) is 6.42 Å². The number of hydrogen-bond acceptors (Lipinski definition) is 3. The zero-order valence-electron chi connectivity index (χ0n) is 9.75. The van der Waals surface area contributed by atoms with Crippen LogP contribution in [-0.2, 0) is 4.74 Å². The summed E-state index contributed by atoms with van der Waals surface area (Å²) >= 11 is 0. The first-order chi connectivity index (χ1) is 6.42. The molecule has 0 spiro atoms. The van der Waals surface area contributed by atoms with Gasteiger partial charge in [-0.15, -0.1) is 12.3 Å². The van der Waals surface area contributed by atoms with Gasteiger partial charge in [-0.1, -0.05) is 0 Å². The van der Waals surface area contributed by atoms with Crippen LogP contribution in [0.25, 0.3) is 0 Å². The average molecular weight is 212 g/mol. The van der Waals surface area contributed by atoms with Crippen LogP contribution in [0.1, 0.15) is 27.2 Å². The van der Waals surface area contributed by atoms with Crippen LogP contribution in [0.3, 0.4) is 0 Å². The molecule has 0 aliphatic carbocycles. The summed E-state index contributed by atoms with van der Waals surface area (Å²) in [5, 5.41) is 0. The summed E-state index contributed by atoms with van der Waals surface area (Å²) in [4.78, 5) is 13.2. The first-order valence-corrected chi connectivity index (χ1v) is 4.86. The number of terminal acetylenes is 1.